The minimum Gasteiger partial charge on any atom is -0.355 e. The molecule has 1 N–H and O–H groups in total. The predicted molar refractivity (Wildman–Crippen MR) is 82.9 cm³/mol. The van der Waals surface area contributed by atoms with Gasteiger partial charge in [0.05, 0.1) is 0 Å². The summed E-state index contributed by atoms with van der Waals surface area (Å²) in [5.74, 6) is 0.510. The summed E-state index contributed by atoms with van der Waals surface area (Å²) >= 11 is 0. The Bertz CT molecular complexity index is 518. The van der Waals surface area contributed by atoms with E-state index in [1.807, 2.05) is 55.6 Å². The molecule has 0 unspecified atom stereocenters. The average Bonchev–Trinajstić information content (AvgIpc) is 2.49. The first-order valence-electron chi connectivity index (χ1n) is 6.74. The highest BCUT2D eigenvalue weighted by Crippen LogP contribution is 2.08. The lowest BCUT2D eigenvalue weighted by Gasteiger charge is -2.00. The monoisotopic (exact) mass is 270 g/mol. The fourth-order valence-corrected chi connectivity index (χ4v) is 1.57. The molecule has 1 amide bonds. The number of aromatic nitrogens is 1. The van der Waals surface area contributed by atoms with Gasteiger partial charge in [-0.2, -0.15) is 0 Å². The summed E-state index contributed by atoms with van der Waals surface area (Å²) in [6, 6.07) is 13.5. The molecular formula is C17H22N2O. The molecule has 3 heteroatoms. The molecule has 0 saturated carbocycles. The highest BCUT2D eigenvalue weighted by Gasteiger charge is 1.99. The van der Waals surface area contributed by atoms with E-state index in [2.05, 4.69) is 24.1 Å². The van der Waals surface area contributed by atoms with Gasteiger partial charge in [-0.1, -0.05) is 37.6 Å². The van der Waals surface area contributed by atoms with Crippen molar-refractivity contribution >= 4 is 5.91 Å². The number of hydrogen-bond acceptors (Lipinski definition) is 2. The van der Waals surface area contributed by atoms with Gasteiger partial charge in [-0.15, -0.1) is 0 Å². The largest absolute Gasteiger partial charge is 0.355 e. The van der Waals surface area contributed by atoms with Crippen molar-refractivity contribution < 1.29 is 4.79 Å². The van der Waals surface area contributed by atoms with E-state index in [1.165, 1.54) is 0 Å². The summed E-state index contributed by atoms with van der Waals surface area (Å²) in [4.78, 5) is 15.2. The van der Waals surface area contributed by atoms with E-state index in [-0.39, 0.29) is 5.91 Å². The number of rotatable bonds is 2. The van der Waals surface area contributed by atoms with Crippen LogP contribution in [0.25, 0.3) is 0 Å². The minimum atomic E-state index is -0.0370. The summed E-state index contributed by atoms with van der Waals surface area (Å²) in [5.41, 5.74) is 3.04. The van der Waals surface area contributed by atoms with Gasteiger partial charge in [0.15, 0.2) is 0 Å². The summed E-state index contributed by atoms with van der Waals surface area (Å²) in [6.45, 7) is 6.28. The van der Waals surface area contributed by atoms with Crippen LogP contribution in [0.4, 0.5) is 0 Å². The van der Waals surface area contributed by atoms with Gasteiger partial charge in [0.2, 0.25) is 0 Å². The Morgan fingerprint density at radius 2 is 1.75 bits per heavy atom. The van der Waals surface area contributed by atoms with Crippen molar-refractivity contribution in [2.75, 3.05) is 7.05 Å². The molecule has 3 nitrogen and oxygen atoms in total. The van der Waals surface area contributed by atoms with Crippen molar-refractivity contribution in [2.45, 2.75) is 26.7 Å². The molecule has 0 bridgehead atoms. The quantitative estimate of drug-likeness (QED) is 0.906. The third-order valence-corrected chi connectivity index (χ3v) is 2.82. The van der Waals surface area contributed by atoms with Crippen LogP contribution in [0.3, 0.4) is 0 Å². The van der Waals surface area contributed by atoms with Crippen LogP contribution in [0.15, 0.2) is 48.7 Å². The minimum absolute atomic E-state index is 0.0370. The molecule has 0 aliphatic carbocycles. The van der Waals surface area contributed by atoms with Crippen LogP contribution in [0.5, 0.6) is 0 Å². The number of nitrogens with one attached hydrogen (secondary N) is 1. The SMILES string of the molecule is CC(C)c1ccccn1.CNC(=O)c1ccc(C)cc1. The molecule has 0 spiro atoms. The molecule has 0 aliphatic heterocycles. The summed E-state index contributed by atoms with van der Waals surface area (Å²) in [5, 5.41) is 2.56. The lowest BCUT2D eigenvalue weighted by Crippen LogP contribution is -2.17. The molecule has 0 radical (unpaired) electrons. The lowest BCUT2D eigenvalue weighted by atomic mass is 10.1. The van der Waals surface area contributed by atoms with Gasteiger partial charge in [0.25, 0.3) is 5.91 Å². The number of pyridine rings is 1. The number of benzene rings is 1. The van der Waals surface area contributed by atoms with Gasteiger partial charge >= 0.3 is 0 Å². The first kappa shape index (κ1) is 15.9. The van der Waals surface area contributed by atoms with Gasteiger partial charge in [-0.25, -0.2) is 0 Å². The van der Waals surface area contributed by atoms with Crippen LogP contribution < -0.4 is 5.32 Å². The smallest absolute Gasteiger partial charge is 0.251 e. The van der Waals surface area contributed by atoms with Crippen LogP contribution in [0.1, 0.15) is 41.4 Å². The lowest BCUT2D eigenvalue weighted by molar-refractivity contribution is 0.0963. The van der Waals surface area contributed by atoms with Gasteiger partial charge in [-0.05, 0) is 37.1 Å². The highest BCUT2D eigenvalue weighted by atomic mass is 16.1. The van der Waals surface area contributed by atoms with E-state index in [4.69, 9.17) is 0 Å². The van der Waals surface area contributed by atoms with Crippen LogP contribution in [0, 0.1) is 6.92 Å². The van der Waals surface area contributed by atoms with E-state index < -0.39 is 0 Å². The second-order valence-electron chi connectivity index (χ2n) is 4.85. The van der Waals surface area contributed by atoms with Gasteiger partial charge in [-0.3, -0.25) is 9.78 Å². The van der Waals surface area contributed by atoms with Crippen LogP contribution >= 0.6 is 0 Å². The fourth-order valence-electron chi connectivity index (χ4n) is 1.57. The van der Waals surface area contributed by atoms with E-state index >= 15 is 0 Å². The molecule has 1 aromatic carbocycles. The van der Waals surface area contributed by atoms with E-state index in [9.17, 15) is 4.79 Å². The molecule has 0 aliphatic rings. The van der Waals surface area contributed by atoms with Crippen molar-refractivity contribution in [1.82, 2.24) is 10.3 Å². The van der Waals surface area contributed by atoms with E-state index in [1.54, 1.807) is 7.05 Å². The summed E-state index contributed by atoms with van der Waals surface area (Å²) < 4.78 is 0. The Morgan fingerprint density at radius 3 is 2.15 bits per heavy atom. The molecule has 0 atom stereocenters. The fraction of sp³-hybridized carbons (Fsp3) is 0.294. The second kappa shape index (κ2) is 8.10. The van der Waals surface area contributed by atoms with Crippen LogP contribution in [-0.2, 0) is 0 Å². The molecule has 1 heterocycles. The maximum atomic E-state index is 11.0. The number of hydrogen-bond donors (Lipinski definition) is 1. The third kappa shape index (κ3) is 5.22. The highest BCUT2D eigenvalue weighted by molar-refractivity contribution is 5.93. The first-order chi connectivity index (χ1) is 9.54. The average molecular weight is 270 g/mol. The Morgan fingerprint density at radius 1 is 1.10 bits per heavy atom. The standard InChI is InChI=1S/C9H11NO.C8H11N/c1-7-3-5-8(6-4-7)9(11)10-2;1-7(2)8-5-3-4-6-9-8/h3-6H,1-2H3,(H,10,11);3-7H,1-2H3. The zero-order chi connectivity index (χ0) is 15.0. The van der Waals surface area contributed by atoms with Crippen molar-refractivity contribution in [3.8, 4) is 0 Å². The summed E-state index contributed by atoms with van der Waals surface area (Å²) in [7, 11) is 1.63. The van der Waals surface area contributed by atoms with Crippen LogP contribution in [-0.4, -0.2) is 17.9 Å². The molecular weight excluding hydrogens is 248 g/mol. The van der Waals surface area contributed by atoms with Crippen molar-refractivity contribution in [1.29, 1.82) is 0 Å². The van der Waals surface area contributed by atoms with Gasteiger partial charge < -0.3 is 5.32 Å². The Balaban J connectivity index is 0.000000204. The second-order valence-corrected chi connectivity index (χ2v) is 4.85. The van der Waals surface area contributed by atoms with Crippen molar-refractivity contribution in [2.24, 2.45) is 0 Å². The van der Waals surface area contributed by atoms with Gasteiger partial charge in [0.1, 0.15) is 0 Å². The maximum absolute atomic E-state index is 11.0. The first-order valence-corrected chi connectivity index (χ1v) is 6.74. The Labute approximate surface area is 121 Å². The molecule has 106 valence electrons. The zero-order valence-electron chi connectivity index (χ0n) is 12.6. The van der Waals surface area contributed by atoms with E-state index in [0.717, 1.165) is 11.3 Å². The topological polar surface area (TPSA) is 42.0 Å². The van der Waals surface area contributed by atoms with Gasteiger partial charge in [0, 0.05) is 24.5 Å². The molecule has 2 aromatic rings. The molecule has 1 aromatic heterocycles. The number of amides is 1. The third-order valence-electron chi connectivity index (χ3n) is 2.82. The summed E-state index contributed by atoms with van der Waals surface area (Å²) in [6.07, 6.45) is 1.83. The number of nitrogens with zero attached hydrogens (tertiary/aromatic N) is 1. The number of carbonyl (C=O) groups excluding carboxylic acids is 1. The molecule has 0 fully saturated rings. The normalized spacial score (nSPS) is 9.65. The maximum Gasteiger partial charge on any atom is 0.251 e. The molecule has 20 heavy (non-hydrogen) atoms. The van der Waals surface area contributed by atoms with Crippen LogP contribution in [0.2, 0.25) is 0 Å². The predicted octanol–water partition coefficient (Wildman–Crippen LogP) is 3.56. The zero-order valence-corrected chi connectivity index (χ0v) is 12.6. The number of carbonyl (C=O) groups is 1. The molecule has 0 saturated heterocycles. The Kier molecular flexibility index (Phi) is 6.44. The Hall–Kier alpha value is -2.16. The van der Waals surface area contributed by atoms with E-state index in [0.29, 0.717) is 11.5 Å². The van der Waals surface area contributed by atoms with Crippen molar-refractivity contribution in [3.05, 3.63) is 65.5 Å². The molecule has 2 rings (SSSR count). The number of aryl methyl sites for hydroxylation is 1. The van der Waals surface area contributed by atoms with Crippen molar-refractivity contribution in [3.63, 3.8) is 0 Å².